The molecule has 25 heavy (non-hydrogen) atoms. The second-order valence-electron chi connectivity index (χ2n) is 5.63. The maximum Gasteiger partial charge on any atom is 0.293 e. The highest BCUT2D eigenvalue weighted by Crippen LogP contribution is 2.33. The third-order valence-electron chi connectivity index (χ3n) is 4.03. The van der Waals surface area contributed by atoms with Crippen LogP contribution in [0.3, 0.4) is 0 Å². The van der Waals surface area contributed by atoms with E-state index in [4.69, 9.17) is 5.26 Å². The average Bonchev–Trinajstić information content (AvgIpc) is 2.90. The normalized spacial score (nSPS) is 15.7. The molecule has 5 heteroatoms. The summed E-state index contributed by atoms with van der Waals surface area (Å²) in [4.78, 5) is 26.4. The topological polar surface area (TPSA) is 61.2 Å². The van der Waals surface area contributed by atoms with E-state index in [1.54, 1.807) is 30.3 Å². The molecule has 3 rings (SSSR count). The Morgan fingerprint density at radius 1 is 1.12 bits per heavy atom. The molecule has 0 N–H and O–H groups in total. The van der Waals surface area contributed by atoms with Crippen LogP contribution in [0.15, 0.2) is 53.4 Å². The fourth-order valence-electron chi connectivity index (χ4n) is 2.57. The minimum atomic E-state index is -0.317. The lowest BCUT2D eigenvalue weighted by Gasteiger charge is -2.13. The van der Waals surface area contributed by atoms with E-state index in [9.17, 15) is 9.59 Å². The summed E-state index contributed by atoms with van der Waals surface area (Å²) < 4.78 is 0. The molecule has 1 aliphatic heterocycles. The van der Waals surface area contributed by atoms with Crippen LogP contribution in [0.4, 0.5) is 4.79 Å². The van der Waals surface area contributed by atoms with Crippen LogP contribution in [0, 0.1) is 11.3 Å². The fourth-order valence-corrected chi connectivity index (χ4v) is 3.41. The predicted molar refractivity (Wildman–Crippen MR) is 98.5 cm³/mol. The number of carbonyl (C=O) groups is 2. The van der Waals surface area contributed by atoms with Crippen molar-refractivity contribution in [2.45, 2.75) is 19.9 Å². The van der Waals surface area contributed by atoms with Crippen LogP contribution in [0.1, 0.15) is 29.2 Å². The zero-order chi connectivity index (χ0) is 17.8. The minimum absolute atomic E-state index is 0.112. The second kappa shape index (κ2) is 7.37. The molecule has 1 heterocycles. The second-order valence-corrected chi connectivity index (χ2v) is 6.63. The van der Waals surface area contributed by atoms with Gasteiger partial charge in [0.05, 0.1) is 23.1 Å². The standard InChI is InChI=1S/C20H16N2O2S/c1-2-14-7-9-15(10-8-14)11-18-19(23)22(20(24)25-18)13-17-6-4-3-5-16(17)12-21/h3-11H,2,13H2,1H3/b18-11+. The zero-order valence-electron chi connectivity index (χ0n) is 13.7. The van der Waals surface area contributed by atoms with E-state index in [0.717, 1.165) is 23.7 Å². The van der Waals surface area contributed by atoms with Crippen LogP contribution in [-0.4, -0.2) is 16.0 Å². The molecule has 0 atom stereocenters. The lowest BCUT2D eigenvalue weighted by molar-refractivity contribution is -0.123. The van der Waals surface area contributed by atoms with Crippen LogP contribution >= 0.6 is 11.8 Å². The van der Waals surface area contributed by atoms with Crippen LogP contribution in [0.25, 0.3) is 6.08 Å². The van der Waals surface area contributed by atoms with E-state index in [1.807, 2.05) is 24.3 Å². The first-order valence-corrected chi connectivity index (χ1v) is 8.76. The summed E-state index contributed by atoms with van der Waals surface area (Å²) in [5, 5.41) is 8.85. The Hall–Kier alpha value is -2.84. The number of nitrogens with zero attached hydrogens (tertiary/aromatic N) is 2. The number of aryl methyl sites for hydroxylation is 1. The lowest BCUT2D eigenvalue weighted by Crippen LogP contribution is -2.27. The summed E-state index contributed by atoms with van der Waals surface area (Å²) in [5.74, 6) is -0.317. The van der Waals surface area contributed by atoms with Crippen LogP contribution in [0.5, 0.6) is 0 Å². The van der Waals surface area contributed by atoms with Crippen LogP contribution in [0.2, 0.25) is 0 Å². The Balaban J connectivity index is 1.82. The Morgan fingerprint density at radius 3 is 2.52 bits per heavy atom. The molecule has 0 radical (unpaired) electrons. The number of hydrogen-bond acceptors (Lipinski definition) is 4. The van der Waals surface area contributed by atoms with E-state index in [0.29, 0.717) is 16.0 Å². The number of thioether (sulfide) groups is 1. The molecule has 2 amide bonds. The highest BCUT2D eigenvalue weighted by molar-refractivity contribution is 8.18. The first-order chi connectivity index (χ1) is 12.1. The Labute approximate surface area is 150 Å². The Kier molecular flexibility index (Phi) is 5.01. The van der Waals surface area contributed by atoms with Crippen molar-refractivity contribution < 1.29 is 9.59 Å². The number of benzene rings is 2. The van der Waals surface area contributed by atoms with Crippen LogP contribution in [-0.2, 0) is 17.8 Å². The van der Waals surface area contributed by atoms with Crippen molar-refractivity contribution in [1.82, 2.24) is 4.90 Å². The smallest absolute Gasteiger partial charge is 0.268 e. The largest absolute Gasteiger partial charge is 0.293 e. The van der Waals surface area contributed by atoms with E-state index < -0.39 is 0 Å². The van der Waals surface area contributed by atoms with Crippen LogP contribution < -0.4 is 0 Å². The molecule has 0 unspecified atom stereocenters. The van der Waals surface area contributed by atoms with Crippen molar-refractivity contribution in [1.29, 1.82) is 5.26 Å². The number of imide groups is 1. The molecule has 2 aromatic rings. The summed E-state index contributed by atoms with van der Waals surface area (Å²) in [5.41, 5.74) is 3.25. The summed E-state index contributed by atoms with van der Waals surface area (Å²) in [6.07, 6.45) is 2.69. The van der Waals surface area contributed by atoms with Gasteiger partial charge in [-0.05, 0) is 47.0 Å². The zero-order valence-corrected chi connectivity index (χ0v) is 14.5. The molecule has 0 spiro atoms. The maximum atomic E-state index is 12.6. The van der Waals surface area contributed by atoms with E-state index in [1.165, 1.54) is 10.5 Å². The number of carbonyl (C=O) groups excluding carboxylic acids is 2. The molecule has 2 aromatic carbocycles. The third-order valence-corrected chi connectivity index (χ3v) is 4.93. The van der Waals surface area contributed by atoms with Gasteiger partial charge in [0.1, 0.15) is 0 Å². The SMILES string of the molecule is CCc1ccc(/C=C2/SC(=O)N(Cc3ccccc3C#N)C2=O)cc1. The molecular weight excluding hydrogens is 332 g/mol. The molecule has 0 aliphatic carbocycles. The first-order valence-electron chi connectivity index (χ1n) is 7.94. The molecule has 1 saturated heterocycles. The van der Waals surface area contributed by atoms with Gasteiger partial charge in [-0.15, -0.1) is 0 Å². The van der Waals surface area contributed by atoms with Crippen molar-refractivity contribution >= 4 is 29.0 Å². The van der Waals surface area contributed by atoms with Gasteiger partial charge in [-0.3, -0.25) is 14.5 Å². The molecule has 4 nitrogen and oxygen atoms in total. The lowest BCUT2D eigenvalue weighted by atomic mass is 10.1. The maximum absolute atomic E-state index is 12.6. The van der Waals surface area contributed by atoms with Crippen molar-refractivity contribution in [3.8, 4) is 6.07 Å². The van der Waals surface area contributed by atoms with Crippen molar-refractivity contribution in [2.24, 2.45) is 0 Å². The highest BCUT2D eigenvalue weighted by atomic mass is 32.2. The fraction of sp³-hybridized carbons (Fsp3) is 0.150. The van der Waals surface area contributed by atoms with Gasteiger partial charge < -0.3 is 0 Å². The number of nitriles is 1. The minimum Gasteiger partial charge on any atom is -0.268 e. The molecule has 0 bridgehead atoms. The van der Waals surface area contributed by atoms with Gasteiger partial charge in [0.25, 0.3) is 11.1 Å². The Morgan fingerprint density at radius 2 is 1.84 bits per heavy atom. The van der Waals surface area contributed by atoms with Gasteiger partial charge in [-0.2, -0.15) is 5.26 Å². The van der Waals surface area contributed by atoms with Crippen molar-refractivity contribution in [3.63, 3.8) is 0 Å². The highest BCUT2D eigenvalue weighted by Gasteiger charge is 2.35. The molecule has 124 valence electrons. The number of hydrogen-bond donors (Lipinski definition) is 0. The Bertz CT molecular complexity index is 895. The van der Waals surface area contributed by atoms with E-state index >= 15 is 0 Å². The molecule has 0 saturated carbocycles. The molecule has 1 fully saturated rings. The van der Waals surface area contributed by atoms with Gasteiger partial charge in [-0.1, -0.05) is 49.4 Å². The molecule has 1 aliphatic rings. The van der Waals surface area contributed by atoms with Gasteiger partial charge in [0, 0.05) is 0 Å². The quantitative estimate of drug-likeness (QED) is 0.770. The number of amides is 2. The molecule has 0 aromatic heterocycles. The monoisotopic (exact) mass is 348 g/mol. The summed E-state index contributed by atoms with van der Waals surface area (Å²) in [7, 11) is 0. The molecular formula is C20H16N2O2S. The average molecular weight is 348 g/mol. The summed E-state index contributed by atoms with van der Waals surface area (Å²) in [6, 6.07) is 17.0. The van der Waals surface area contributed by atoms with Crippen molar-refractivity contribution in [2.75, 3.05) is 0 Å². The summed E-state index contributed by atoms with van der Waals surface area (Å²) in [6.45, 7) is 2.19. The van der Waals surface area contributed by atoms with Gasteiger partial charge in [-0.25, -0.2) is 0 Å². The van der Waals surface area contributed by atoms with Gasteiger partial charge in [0.2, 0.25) is 0 Å². The van der Waals surface area contributed by atoms with E-state index in [2.05, 4.69) is 13.0 Å². The predicted octanol–water partition coefficient (Wildman–Crippen LogP) is 4.36. The first kappa shape index (κ1) is 17.0. The summed E-state index contributed by atoms with van der Waals surface area (Å²) >= 11 is 0.935. The third kappa shape index (κ3) is 3.65. The van der Waals surface area contributed by atoms with Crippen molar-refractivity contribution in [3.05, 3.63) is 75.7 Å². The van der Waals surface area contributed by atoms with E-state index in [-0.39, 0.29) is 17.7 Å². The van der Waals surface area contributed by atoms with Gasteiger partial charge in [0.15, 0.2) is 0 Å². The number of rotatable bonds is 4. The van der Waals surface area contributed by atoms with Gasteiger partial charge >= 0.3 is 0 Å².